The van der Waals surface area contributed by atoms with Gasteiger partial charge in [0.1, 0.15) is 25.2 Å². The van der Waals surface area contributed by atoms with E-state index < -0.39 is 0 Å². The van der Waals surface area contributed by atoms with Crippen molar-refractivity contribution in [3.05, 3.63) is 128 Å². The predicted molar refractivity (Wildman–Crippen MR) is 165 cm³/mol. The van der Waals surface area contributed by atoms with Crippen molar-refractivity contribution in [1.29, 1.82) is 0 Å². The van der Waals surface area contributed by atoms with Crippen LogP contribution in [0.2, 0.25) is 0 Å². The average Bonchev–Trinajstić information content (AvgIpc) is 3.64. The van der Waals surface area contributed by atoms with Gasteiger partial charge in [-0.15, -0.1) is 5.10 Å². The average molecular weight is 546 g/mol. The summed E-state index contributed by atoms with van der Waals surface area (Å²) in [7, 11) is 4.14. The zero-order chi connectivity index (χ0) is 28.2. The Hall–Kier alpha value is -5.62. The van der Waals surface area contributed by atoms with Gasteiger partial charge in [0.25, 0.3) is 0 Å². The van der Waals surface area contributed by atoms with E-state index in [2.05, 4.69) is 82.9 Å². The maximum atomic E-state index is 6.65. The summed E-state index contributed by atoms with van der Waals surface area (Å²) in [6.45, 7) is 0. The lowest BCUT2D eigenvalue weighted by atomic mass is 10.0. The number of aryl methyl sites for hydroxylation is 2. The Labute approximate surface area is 242 Å². The van der Waals surface area contributed by atoms with E-state index in [1.54, 1.807) is 0 Å². The van der Waals surface area contributed by atoms with Gasteiger partial charge >= 0.3 is 0 Å². The third kappa shape index (κ3) is 3.73. The van der Waals surface area contributed by atoms with Crippen LogP contribution in [0.3, 0.4) is 0 Å². The highest BCUT2D eigenvalue weighted by atomic mass is 16.3. The lowest BCUT2D eigenvalue weighted by Gasteiger charge is -2.12. The molecule has 0 spiro atoms. The topological polar surface area (TPSA) is 51.6 Å². The number of rotatable bonds is 4. The second-order valence-corrected chi connectivity index (χ2v) is 10.5. The zero-order valence-electron chi connectivity index (χ0n) is 23.3. The fraction of sp³-hybridized carbons (Fsp3) is 0.0556. The maximum Gasteiger partial charge on any atom is 0.250 e. The first-order valence-electron chi connectivity index (χ1n) is 14.0. The molecule has 0 aliphatic rings. The van der Waals surface area contributed by atoms with Gasteiger partial charge in [0.05, 0.1) is 5.69 Å². The minimum Gasteiger partial charge on any atom is -0.455 e. The van der Waals surface area contributed by atoms with Crippen LogP contribution < -0.4 is 9.13 Å². The Morgan fingerprint density at radius 2 is 1.45 bits per heavy atom. The minimum absolute atomic E-state index is 0.660. The molecule has 0 N–H and O–H groups in total. The predicted octanol–water partition coefficient (Wildman–Crippen LogP) is 6.97. The first-order valence-corrected chi connectivity index (χ1v) is 14.0. The first kappa shape index (κ1) is 24.2. The highest BCUT2D eigenvalue weighted by molar-refractivity contribution is 6.10. The molecular formula is C36H27N5O+2. The number of furan rings is 1. The van der Waals surface area contributed by atoms with Crippen molar-refractivity contribution >= 4 is 32.8 Å². The largest absolute Gasteiger partial charge is 0.455 e. The third-order valence-electron chi connectivity index (χ3n) is 8.01. The lowest BCUT2D eigenvalue weighted by molar-refractivity contribution is -0.660. The fourth-order valence-electron chi connectivity index (χ4n) is 5.91. The number of hydrogen-bond donors (Lipinski definition) is 0. The molecule has 0 saturated carbocycles. The van der Waals surface area contributed by atoms with Crippen LogP contribution in [-0.4, -0.2) is 14.8 Å². The van der Waals surface area contributed by atoms with Crippen LogP contribution in [0.1, 0.15) is 0 Å². The number of hydrogen-bond acceptors (Lipinski definition) is 3. The molecule has 4 aromatic heterocycles. The molecule has 6 heteroatoms. The Balaban J connectivity index is 1.50. The SMILES string of the molecule is C[n+]1ccccc1-c1nc(-c2ccccc2)nn1-c1ccc2c(oc3ccccc32)c1-c1ccc2ccccc2[n+]1C. The number of pyridine rings is 2. The maximum absolute atomic E-state index is 6.65. The van der Waals surface area contributed by atoms with Crippen molar-refractivity contribution in [3.8, 4) is 39.9 Å². The van der Waals surface area contributed by atoms with E-state index in [4.69, 9.17) is 14.5 Å². The van der Waals surface area contributed by atoms with E-state index in [9.17, 15) is 0 Å². The van der Waals surface area contributed by atoms with Gasteiger partial charge in [-0.1, -0.05) is 60.7 Å². The van der Waals surface area contributed by atoms with Gasteiger partial charge in [-0.3, -0.25) is 0 Å². The second-order valence-electron chi connectivity index (χ2n) is 10.5. The van der Waals surface area contributed by atoms with Gasteiger partial charge in [-0.2, -0.15) is 9.13 Å². The smallest absolute Gasteiger partial charge is 0.250 e. The highest BCUT2D eigenvalue weighted by Gasteiger charge is 2.29. The van der Waals surface area contributed by atoms with E-state index in [0.717, 1.165) is 61.5 Å². The number of para-hydroxylation sites is 2. The van der Waals surface area contributed by atoms with E-state index in [0.29, 0.717) is 5.82 Å². The normalized spacial score (nSPS) is 11.6. The summed E-state index contributed by atoms with van der Waals surface area (Å²) in [6, 6.07) is 41.5. The summed E-state index contributed by atoms with van der Waals surface area (Å²) in [5.74, 6) is 1.41. The fourth-order valence-corrected chi connectivity index (χ4v) is 5.91. The first-order chi connectivity index (χ1) is 20.7. The summed E-state index contributed by atoms with van der Waals surface area (Å²) in [5, 5.41) is 8.47. The lowest BCUT2D eigenvalue weighted by Crippen LogP contribution is -2.32. The molecule has 0 bridgehead atoms. The van der Waals surface area contributed by atoms with E-state index >= 15 is 0 Å². The molecule has 0 atom stereocenters. The molecule has 0 radical (unpaired) electrons. The van der Waals surface area contributed by atoms with Gasteiger partial charge in [0, 0.05) is 46.0 Å². The van der Waals surface area contributed by atoms with Crippen LogP contribution in [0, 0.1) is 0 Å². The monoisotopic (exact) mass is 545 g/mol. The van der Waals surface area contributed by atoms with Gasteiger partial charge in [-0.05, 0) is 36.4 Å². The van der Waals surface area contributed by atoms with Crippen LogP contribution in [0.4, 0.5) is 0 Å². The Morgan fingerprint density at radius 1 is 0.667 bits per heavy atom. The van der Waals surface area contributed by atoms with Crippen molar-refractivity contribution in [2.45, 2.75) is 0 Å². The molecule has 0 fully saturated rings. The van der Waals surface area contributed by atoms with E-state index in [1.165, 1.54) is 5.39 Å². The van der Waals surface area contributed by atoms with Crippen molar-refractivity contribution in [2.24, 2.45) is 14.1 Å². The zero-order valence-corrected chi connectivity index (χ0v) is 23.3. The van der Waals surface area contributed by atoms with E-state index in [1.807, 2.05) is 72.5 Å². The molecule has 4 heterocycles. The third-order valence-corrected chi connectivity index (χ3v) is 8.01. The second kappa shape index (κ2) is 9.49. The summed E-state index contributed by atoms with van der Waals surface area (Å²) in [6.07, 6.45) is 2.03. The van der Waals surface area contributed by atoms with Crippen LogP contribution in [0.25, 0.3) is 72.7 Å². The van der Waals surface area contributed by atoms with Crippen molar-refractivity contribution in [3.63, 3.8) is 0 Å². The summed E-state index contributed by atoms with van der Waals surface area (Å²) >= 11 is 0. The minimum atomic E-state index is 0.660. The van der Waals surface area contributed by atoms with Crippen LogP contribution in [0.5, 0.6) is 0 Å². The molecule has 200 valence electrons. The molecular weight excluding hydrogens is 518 g/mol. The molecule has 0 aliphatic carbocycles. The van der Waals surface area contributed by atoms with Crippen LogP contribution in [0.15, 0.2) is 132 Å². The highest BCUT2D eigenvalue weighted by Crippen LogP contribution is 2.40. The Morgan fingerprint density at radius 3 is 2.33 bits per heavy atom. The molecule has 8 rings (SSSR count). The standard InChI is InChI=1S/C36H27N5O/c1-39-23-11-10-17-31(39)36-37-35(25-13-4-3-5-14-25)38-41(36)30-22-20-27-26-15-7-9-18-32(26)42-34(27)33(30)29-21-19-24-12-6-8-16-28(24)40(29)2/h3-23H,1-2H3/q+2. The molecule has 42 heavy (non-hydrogen) atoms. The molecule has 0 unspecified atom stereocenters. The Kier molecular flexibility index (Phi) is 5.47. The molecule has 0 amide bonds. The van der Waals surface area contributed by atoms with Crippen LogP contribution >= 0.6 is 0 Å². The van der Waals surface area contributed by atoms with Crippen LogP contribution in [-0.2, 0) is 14.1 Å². The number of nitrogens with zero attached hydrogens (tertiary/aromatic N) is 5. The molecule has 8 aromatic rings. The summed E-state index contributed by atoms with van der Waals surface area (Å²) in [4.78, 5) is 5.11. The van der Waals surface area contributed by atoms with Gasteiger partial charge in [0.2, 0.25) is 22.7 Å². The molecule has 0 saturated heterocycles. The number of benzene rings is 4. The number of aromatic nitrogens is 5. The van der Waals surface area contributed by atoms with Crippen molar-refractivity contribution in [2.75, 3.05) is 0 Å². The van der Waals surface area contributed by atoms with Gasteiger partial charge in [-0.25, -0.2) is 9.67 Å². The molecule has 0 aliphatic heterocycles. The Bertz CT molecular complexity index is 2280. The van der Waals surface area contributed by atoms with Crippen molar-refractivity contribution in [1.82, 2.24) is 14.8 Å². The summed E-state index contributed by atoms with van der Waals surface area (Å²) in [5.41, 5.74) is 7.58. The molecule has 6 nitrogen and oxygen atoms in total. The number of fused-ring (bicyclic) bond motifs is 4. The van der Waals surface area contributed by atoms with Gasteiger partial charge in [0.15, 0.2) is 17.6 Å². The molecule has 4 aromatic carbocycles. The quantitative estimate of drug-likeness (QED) is 0.225. The van der Waals surface area contributed by atoms with Gasteiger partial charge < -0.3 is 4.42 Å². The van der Waals surface area contributed by atoms with Crippen molar-refractivity contribution < 1.29 is 13.6 Å². The van der Waals surface area contributed by atoms with E-state index in [-0.39, 0.29) is 0 Å². The summed E-state index contributed by atoms with van der Waals surface area (Å²) < 4.78 is 12.9.